The van der Waals surface area contributed by atoms with Crippen molar-refractivity contribution in [3.63, 3.8) is 0 Å². The van der Waals surface area contributed by atoms with Crippen LogP contribution >= 0.6 is 0 Å². The molecule has 106 valence electrons. The van der Waals surface area contributed by atoms with E-state index < -0.39 is 0 Å². The van der Waals surface area contributed by atoms with Crippen LogP contribution in [0, 0.1) is 5.92 Å². The van der Waals surface area contributed by atoms with Gasteiger partial charge in [0.15, 0.2) is 0 Å². The molecule has 1 saturated heterocycles. The highest BCUT2D eigenvalue weighted by atomic mass is 15.2. The van der Waals surface area contributed by atoms with E-state index in [2.05, 4.69) is 21.5 Å². The molecule has 0 aromatic carbocycles. The molecule has 0 bridgehead atoms. The molecule has 1 aromatic rings. The summed E-state index contributed by atoms with van der Waals surface area (Å²) in [5.41, 5.74) is 7.37. The Morgan fingerprint density at radius 3 is 2.84 bits per heavy atom. The maximum absolute atomic E-state index is 6.10. The highest BCUT2D eigenvalue weighted by Crippen LogP contribution is 2.39. The number of likely N-dealkylation sites (tertiary alicyclic amines) is 1. The summed E-state index contributed by atoms with van der Waals surface area (Å²) in [4.78, 5) is 6.96. The van der Waals surface area contributed by atoms with Gasteiger partial charge in [0, 0.05) is 25.8 Å². The largest absolute Gasteiger partial charge is 0.336 e. The van der Waals surface area contributed by atoms with Crippen LogP contribution in [0.3, 0.4) is 0 Å². The minimum atomic E-state index is 0.346. The Bertz CT molecular complexity index is 412. The van der Waals surface area contributed by atoms with Gasteiger partial charge in [-0.25, -0.2) is 4.98 Å². The van der Waals surface area contributed by atoms with Crippen molar-refractivity contribution in [2.75, 3.05) is 13.1 Å². The molecule has 2 aliphatic rings. The Morgan fingerprint density at radius 2 is 2.11 bits per heavy atom. The van der Waals surface area contributed by atoms with Crippen LogP contribution in [-0.4, -0.2) is 33.6 Å². The fraction of sp³-hybridized carbons (Fsp3) is 0.800. The van der Waals surface area contributed by atoms with Gasteiger partial charge in [0.05, 0.1) is 18.1 Å². The van der Waals surface area contributed by atoms with Gasteiger partial charge in [-0.2, -0.15) is 0 Å². The molecule has 2 heterocycles. The summed E-state index contributed by atoms with van der Waals surface area (Å²) in [7, 11) is 2.08. The van der Waals surface area contributed by atoms with Crippen LogP contribution in [0.2, 0.25) is 0 Å². The zero-order valence-electron chi connectivity index (χ0n) is 12.0. The molecule has 4 heteroatoms. The second-order valence-corrected chi connectivity index (χ2v) is 6.17. The van der Waals surface area contributed by atoms with E-state index >= 15 is 0 Å². The first kappa shape index (κ1) is 13.1. The molecule has 0 spiro atoms. The molecule has 2 fully saturated rings. The lowest BCUT2D eigenvalue weighted by Gasteiger charge is -2.47. The molecule has 2 N–H and O–H groups in total. The minimum Gasteiger partial charge on any atom is -0.336 e. The summed E-state index contributed by atoms with van der Waals surface area (Å²) in [6.45, 7) is 1.90. The van der Waals surface area contributed by atoms with Gasteiger partial charge in [0.25, 0.3) is 0 Å². The normalized spacial score (nSPS) is 30.0. The lowest BCUT2D eigenvalue weighted by molar-refractivity contribution is 0.0254. The van der Waals surface area contributed by atoms with Gasteiger partial charge in [0.2, 0.25) is 0 Å². The number of imidazole rings is 1. The Hall–Kier alpha value is -0.870. The quantitative estimate of drug-likeness (QED) is 0.907. The standard InChI is InChI=1S/C15H26N4/c1-18-11-17-10-15(18)14(9-16)19-8-4-6-12-5-2-3-7-13(12)19/h10-14H,2-9,16H2,1H3. The number of hydrogen-bond donors (Lipinski definition) is 1. The molecule has 3 unspecified atom stereocenters. The number of nitrogens with two attached hydrogens (primary N) is 1. The summed E-state index contributed by atoms with van der Waals surface area (Å²) in [6, 6.07) is 1.10. The molecule has 1 aliphatic carbocycles. The van der Waals surface area contributed by atoms with Gasteiger partial charge in [-0.05, 0) is 38.1 Å². The predicted molar refractivity (Wildman–Crippen MR) is 76.7 cm³/mol. The molecule has 1 aliphatic heterocycles. The smallest absolute Gasteiger partial charge is 0.0946 e. The molecular weight excluding hydrogens is 236 g/mol. The zero-order chi connectivity index (χ0) is 13.2. The van der Waals surface area contributed by atoms with Crippen molar-refractivity contribution in [2.24, 2.45) is 18.7 Å². The van der Waals surface area contributed by atoms with E-state index in [0.29, 0.717) is 12.6 Å². The van der Waals surface area contributed by atoms with Gasteiger partial charge in [-0.1, -0.05) is 12.8 Å². The van der Waals surface area contributed by atoms with Crippen molar-refractivity contribution in [3.8, 4) is 0 Å². The predicted octanol–water partition coefficient (Wildman–Crippen LogP) is 2.07. The average Bonchev–Trinajstić information content (AvgIpc) is 2.86. The number of hydrogen-bond acceptors (Lipinski definition) is 3. The highest BCUT2D eigenvalue weighted by Gasteiger charge is 2.37. The third kappa shape index (κ3) is 2.43. The van der Waals surface area contributed by atoms with E-state index in [1.807, 2.05) is 12.5 Å². The Morgan fingerprint density at radius 1 is 1.32 bits per heavy atom. The molecule has 0 amide bonds. The van der Waals surface area contributed by atoms with Crippen molar-refractivity contribution in [3.05, 3.63) is 18.2 Å². The molecule has 0 radical (unpaired) electrons. The van der Waals surface area contributed by atoms with Gasteiger partial charge >= 0.3 is 0 Å². The number of aromatic nitrogens is 2. The Labute approximate surface area is 116 Å². The number of nitrogens with zero attached hydrogens (tertiary/aromatic N) is 3. The second kappa shape index (κ2) is 5.63. The van der Waals surface area contributed by atoms with Crippen LogP contribution in [0.25, 0.3) is 0 Å². The summed E-state index contributed by atoms with van der Waals surface area (Å²) >= 11 is 0. The summed E-state index contributed by atoms with van der Waals surface area (Å²) in [5, 5.41) is 0. The average molecular weight is 262 g/mol. The van der Waals surface area contributed by atoms with Crippen molar-refractivity contribution in [2.45, 2.75) is 50.6 Å². The van der Waals surface area contributed by atoms with Crippen molar-refractivity contribution < 1.29 is 0 Å². The monoisotopic (exact) mass is 262 g/mol. The fourth-order valence-electron chi connectivity index (χ4n) is 4.16. The van der Waals surface area contributed by atoms with E-state index in [1.165, 1.54) is 50.8 Å². The third-order valence-corrected chi connectivity index (χ3v) is 5.11. The van der Waals surface area contributed by atoms with Gasteiger partial charge in [0.1, 0.15) is 0 Å². The van der Waals surface area contributed by atoms with E-state index in [0.717, 1.165) is 12.0 Å². The molecule has 4 nitrogen and oxygen atoms in total. The lowest BCUT2D eigenvalue weighted by Crippen LogP contribution is -2.50. The molecular formula is C15H26N4. The minimum absolute atomic E-state index is 0.346. The lowest BCUT2D eigenvalue weighted by atomic mass is 9.77. The van der Waals surface area contributed by atoms with Crippen LogP contribution in [-0.2, 0) is 7.05 Å². The van der Waals surface area contributed by atoms with Crippen molar-refractivity contribution >= 4 is 0 Å². The van der Waals surface area contributed by atoms with Crippen molar-refractivity contribution in [1.29, 1.82) is 0 Å². The van der Waals surface area contributed by atoms with Crippen LogP contribution < -0.4 is 5.73 Å². The molecule has 1 saturated carbocycles. The van der Waals surface area contributed by atoms with Crippen molar-refractivity contribution in [1.82, 2.24) is 14.5 Å². The van der Waals surface area contributed by atoms with Gasteiger partial charge in [-0.15, -0.1) is 0 Å². The first-order valence-corrected chi connectivity index (χ1v) is 7.73. The summed E-state index contributed by atoms with van der Waals surface area (Å²) in [5.74, 6) is 0.907. The molecule has 19 heavy (non-hydrogen) atoms. The number of piperidine rings is 1. The maximum Gasteiger partial charge on any atom is 0.0946 e. The molecule has 3 atom stereocenters. The highest BCUT2D eigenvalue weighted by molar-refractivity contribution is 5.08. The van der Waals surface area contributed by atoms with Crippen LogP contribution in [0.1, 0.15) is 50.3 Å². The fourth-order valence-corrected chi connectivity index (χ4v) is 4.16. The number of aryl methyl sites for hydroxylation is 1. The molecule has 1 aromatic heterocycles. The van der Waals surface area contributed by atoms with E-state index in [1.54, 1.807) is 0 Å². The van der Waals surface area contributed by atoms with Crippen LogP contribution in [0.4, 0.5) is 0 Å². The van der Waals surface area contributed by atoms with Crippen LogP contribution in [0.5, 0.6) is 0 Å². The Balaban J connectivity index is 1.83. The zero-order valence-corrected chi connectivity index (χ0v) is 12.0. The molecule has 3 rings (SSSR count). The maximum atomic E-state index is 6.10. The van der Waals surface area contributed by atoms with Gasteiger partial charge < -0.3 is 10.3 Å². The van der Waals surface area contributed by atoms with Crippen LogP contribution in [0.15, 0.2) is 12.5 Å². The Kier molecular flexibility index (Phi) is 3.89. The topological polar surface area (TPSA) is 47.1 Å². The first-order chi connectivity index (χ1) is 9.31. The van der Waals surface area contributed by atoms with E-state index in [9.17, 15) is 0 Å². The first-order valence-electron chi connectivity index (χ1n) is 7.73. The summed E-state index contributed by atoms with van der Waals surface area (Å²) < 4.78 is 2.13. The summed E-state index contributed by atoms with van der Waals surface area (Å²) in [6.07, 6.45) is 12.2. The van der Waals surface area contributed by atoms with E-state index in [4.69, 9.17) is 5.73 Å². The second-order valence-electron chi connectivity index (χ2n) is 6.17. The number of fused-ring (bicyclic) bond motifs is 1. The third-order valence-electron chi connectivity index (χ3n) is 5.11. The van der Waals surface area contributed by atoms with E-state index in [-0.39, 0.29) is 0 Å². The SMILES string of the molecule is Cn1cncc1C(CN)N1CCCC2CCCCC21. The number of rotatable bonds is 3. The van der Waals surface area contributed by atoms with Gasteiger partial charge in [-0.3, -0.25) is 4.90 Å².